The van der Waals surface area contributed by atoms with E-state index in [1.54, 1.807) is 0 Å². The van der Waals surface area contributed by atoms with Gasteiger partial charge >= 0.3 is 15.4 Å². The van der Waals surface area contributed by atoms with Crippen LogP contribution in [0.3, 0.4) is 0 Å². The summed E-state index contributed by atoms with van der Waals surface area (Å²) < 4.78 is 95.5. The van der Waals surface area contributed by atoms with Crippen LogP contribution in [0.15, 0.2) is 29.2 Å². The third kappa shape index (κ3) is 4.51. The van der Waals surface area contributed by atoms with Gasteiger partial charge in [-0.25, -0.2) is 4.39 Å². The molecule has 0 heterocycles. The van der Waals surface area contributed by atoms with Crippen molar-refractivity contribution in [2.75, 3.05) is 6.61 Å². The maximum Gasteiger partial charge on any atom is 0.402 e. The van der Waals surface area contributed by atoms with Crippen LogP contribution in [0.1, 0.15) is 0 Å². The van der Waals surface area contributed by atoms with Crippen LogP contribution in [0.25, 0.3) is 0 Å². The van der Waals surface area contributed by atoms with Crippen LogP contribution in [0.4, 0.5) is 13.2 Å². The number of alkyl halides is 3. The molecule has 0 saturated heterocycles. The Balaban J connectivity index is 2.86. The molecule has 0 fully saturated rings. The van der Waals surface area contributed by atoms with E-state index in [1.165, 1.54) is 12.1 Å². The molecule has 1 rings (SSSR count). The first-order chi connectivity index (χ1) is 9.38. The van der Waals surface area contributed by atoms with Crippen molar-refractivity contribution in [2.24, 2.45) is 0 Å². The van der Waals surface area contributed by atoms with Gasteiger partial charge in [-0.3, -0.25) is 8.74 Å². The van der Waals surface area contributed by atoms with Gasteiger partial charge in [0.05, 0.1) is 4.90 Å². The highest BCUT2D eigenvalue weighted by molar-refractivity contribution is 14.1. The molecule has 1 atom stereocenters. The molecule has 0 radical (unpaired) electrons. The number of rotatable bonds is 6. The second-order valence-electron chi connectivity index (χ2n) is 3.70. The van der Waals surface area contributed by atoms with Gasteiger partial charge in [0.25, 0.3) is 10.1 Å². The fourth-order valence-corrected chi connectivity index (χ4v) is 2.73. The first-order valence-electron chi connectivity index (χ1n) is 5.02. The van der Waals surface area contributed by atoms with E-state index in [4.69, 9.17) is 4.55 Å². The minimum atomic E-state index is -6.02. The molecule has 0 aliphatic carbocycles. The number of hydrogen-bond acceptors (Lipinski definition) is 5. The van der Waals surface area contributed by atoms with E-state index in [1.807, 2.05) is 22.6 Å². The Morgan fingerprint density at radius 2 is 1.67 bits per heavy atom. The number of halogens is 4. The van der Waals surface area contributed by atoms with Crippen LogP contribution in [-0.2, 0) is 24.4 Å². The average Bonchev–Trinajstić information content (AvgIpc) is 2.35. The zero-order valence-corrected chi connectivity index (χ0v) is 13.7. The van der Waals surface area contributed by atoms with Crippen LogP contribution in [0.2, 0.25) is 0 Å². The Morgan fingerprint density at radius 3 is 2.10 bits per heavy atom. The monoisotopic (exact) mass is 460 g/mol. The van der Waals surface area contributed by atoms with Gasteiger partial charge in [0.1, 0.15) is 6.61 Å². The molecular formula is C9H8F3IO6S2. The number of benzene rings is 1. The van der Waals surface area contributed by atoms with Crippen molar-refractivity contribution in [3.05, 3.63) is 27.8 Å². The molecule has 1 aromatic carbocycles. The summed E-state index contributed by atoms with van der Waals surface area (Å²) in [5.74, 6) is 0. The molecule has 0 bridgehead atoms. The molecule has 1 aromatic rings. The van der Waals surface area contributed by atoms with Crippen molar-refractivity contribution in [1.29, 1.82) is 0 Å². The molecule has 12 heteroatoms. The minimum Gasteiger partial charge on any atom is -0.281 e. The molecular weight excluding hydrogens is 452 g/mol. The molecule has 0 saturated carbocycles. The Bertz CT molecular complexity index is 702. The van der Waals surface area contributed by atoms with Crippen molar-refractivity contribution < 1.29 is 38.7 Å². The lowest BCUT2D eigenvalue weighted by Gasteiger charge is -2.17. The van der Waals surface area contributed by atoms with Crippen molar-refractivity contribution in [2.45, 2.75) is 16.3 Å². The molecule has 1 N–H and O–H groups in total. The summed E-state index contributed by atoms with van der Waals surface area (Å²) in [6, 6.07) is 4.98. The van der Waals surface area contributed by atoms with Crippen LogP contribution in [0.5, 0.6) is 0 Å². The Hall–Kier alpha value is -0.440. The predicted molar refractivity (Wildman–Crippen MR) is 73.7 cm³/mol. The van der Waals surface area contributed by atoms with E-state index in [2.05, 4.69) is 4.18 Å². The topological polar surface area (TPSA) is 97.7 Å². The third-order valence-electron chi connectivity index (χ3n) is 2.18. The molecule has 0 aliphatic rings. The fourth-order valence-electron chi connectivity index (χ4n) is 1.08. The van der Waals surface area contributed by atoms with Gasteiger partial charge in [0.2, 0.25) is 6.17 Å². The normalized spacial score (nSPS) is 14.9. The molecule has 0 aromatic heterocycles. The maximum absolute atomic E-state index is 13.1. The summed E-state index contributed by atoms with van der Waals surface area (Å²) >= 11 is 1.89. The molecule has 0 spiro atoms. The lowest BCUT2D eigenvalue weighted by molar-refractivity contribution is -0.0210. The molecule has 1 unspecified atom stereocenters. The summed E-state index contributed by atoms with van der Waals surface area (Å²) in [5, 5.41) is -5.17. The lowest BCUT2D eigenvalue weighted by Crippen LogP contribution is -2.41. The SMILES string of the molecule is O=S(=O)(OCC(F)C(F)(F)S(=O)(=O)O)c1ccc(I)cc1. The summed E-state index contributed by atoms with van der Waals surface area (Å²) in [4.78, 5) is -0.412. The van der Waals surface area contributed by atoms with Crippen LogP contribution >= 0.6 is 22.6 Å². The fraction of sp³-hybridized carbons (Fsp3) is 0.333. The first kappa shape index (κ1) is 18.6. The lowest BCUT2D eigenvalue weighted by atomic mass is 10.4. The van der Waals surface area contributed by atoms with E-state index >= 15 is 0 Å². The van der Waals surface area contributed by atoms with Gasteiger partial charge in [-0.2, -0.15) is 25.6 Å². The minimum absolute atomic E-state index is 0.412. The second kappa shape index (κ2) is 6.36. The van der Waals surface area contributed by atoms with Gasteiger partial charge in [-0.15, -0.1) is 0 Å². The molecule has 21 heavy (non-hydrogen) atoms. The van der Waals surface area contributed by atoms with Crippen molar-refractivity contribution >= 4 is 42.8 Å². The quantitative estimate of drug-likeness (QED) is 0.395. The molecule has 0 amide bonds. The number of hydrogen-bond donors (Lipinski definition) is 1. The van der Waals surface area contributed by atoms with Gasteiger partial charge in [-0.05, 0) is 46.9 Å². The van der Waals surface area contributed by atoms with Gasteiger partial charge in [0, 0.05) is 3.57 Å². The summed E-state index contributed by atoms with van der Waals surface area (Å²) in [7, 11) is -10.6. The smallest absolute Gasteiger partial charge is 0.281 e. The summed E-state index contributed by atoms with van der Waals surface area (Å²) in [5.41, 5.74) is 0. The van der Waals surface area contributed by atoms with E-state index in [-0.39, 0.29) is 0 Å². The van der Waals surface area contributed by atoms with Gasteiger partial charge in [-0.1, -0.05) is 0 Å². The Morgan fingerprint density at radius 1 is 1.19 bits per heavy atom. The van der Waals surface area contributed by atoms with Gasteiger partial charge < -0.3 is 0 Å². The Labute approximate surface area is 132 Å². The molecule has 0 aliphatic heterocycles. The van der Waals surface area contributed by atoms with Crippen molar-refractivity contribution in [3.63, 3.8) is 0 Å². The standard InChI is InChI=1S/C9H8F3IO6S2/c10-8(9(11,12)21(16,17)18)5-19-20(14,15)7-3-1-6(13)2-4-7/h1-4,8H,5H2,(H,16,17,18). The summed E-state index contributed by atoms with van der Waals surface area (Å²) in [6.45, 7) is -1.76. The highest BCUT2D eigenvalue weighted by Crippen LogP contribution is 2.28. The van der Waals surface area contributed by atoms with Gasteiger partial charge in [0.15, 0.2) is 0 Å². The van der Waals surface area contributed by atoms with Crippen LogP contribution < -0.4 is 0 Å². The van der Waals surface area contributed by atoms with Crippen molar-refractivity contribution in [1.82, 2.24) is 0 Å². The average molecular weight is 460 g/mol. The highest BCUT2D eigenvalue weighted by atomic mass is 127. The third-order valence-corrected chi connectivity index (χ3v) is 5.14. The van der Waals surface area contributed by atoms with E-state index in [0.29, 0.717) is 3.57 Å². The predicted octanol–water partition coefficient (Wildman–Crippen LogP) is 1.82. The van der Waals surface area contributed by atoms with E-state index in [9.17, 15) is 30.0 Å². The summed E-state index contributed by atoms with van der Waals surface area (Å²) in [6.07, 6.45) is -3.55. The van der Waals surface area contributed by atoms with E-state index in [0.717, 1.165) is 12.1 Å². The zero-order chi connectivity index (χ0) is 16.5. The zero-order valence-electron chi connectivity index (χ0n) is 9.91. The maximum atomic E-state index is 13.1. The first-order valence-corrected chi connectivity index (χ1v) is 8.94. The molecule has 6 nitrogen and oxygen atoms in total. The van der Waals surface area contributed by atoms with E-state index < -0.39 is 43.2 Å². The van der Waals surface area contributed by atoms with Crippen LogP contribution in [-0.4, -0.2) is 39.4 Å². The highest BCUT2D eigenvalue weighted by Gasteiger charge is 2.53. The largest absolute Gasteiger partial charge is 0.402 e. The van der Waals surface area contributed by atoms with Crippen LogP contribution in [0, 0.1) is 3.57 Å². The molecule has 120 valence electrons. The Kier molecular flexibility index (Phi) is 5.63. The second-order valence-corrected chi connectivity index (χ2v) is 8.05. The van der Waals surface area contributed by atoms with Crippen molar-refractivity contribution in [3.8, 4) is 0 Å².